The van der Waals surface area contributed by atoms with Crippen molar-refractivity contribution in [2.75, 3.05) is 13.2 Å². The van der Waals surface area contributed by atoms with Crippen molar-refractivity contribution >= 4 is 0 Å². The van der Waals surface area contributed by atoms with Crippen molar-refractivity contribution in [3.05, 3.63) is 10.4 Å². The van der Waals surface area contributed by atoms with E-state index in [1.54, 1.807) is 0 Å². The zero-order valence-corrected chi connectivity index (χ0v) is 12.8. The van der Waals surface area contributed by atoms with Crippen LogP contribution >= 0.6 is 0 Å². The molecule has 0 aromatic rings. The number of nitrogens with zero attached hydrogens (tertiary/aromatic N) is 4. The van der Waals surface area contributed by atoms with Crippen molar-refractivity contribution in [1.29, 1.82) is 5.26 Å². The van der Waals surface area contributed by atoms with Crippen molar-refractivity contribution in [3.8, 4) is 6.07 Å². The van der Waals surface area contributed by atoms with Crippen LogP contribution in [0.15, 0.2) is 5.11 Å². The fourth-order valence-corrected chi connectivity index (χ4v) is 3.97. The van der Waals surface area contributed by atoms with Crippen LogP contribution in [0.2, 0.25) is 0 Å². The number of halogens is 2. The molecular formula is C15H22F2N4O. The summed E-state index contributed by atoms with van der Waals surface area (Å²) in [6, 6.07) is 2.11. The molecule has 0 saturated heterocycles. The maximum atomic E-state index is 13.6. The van der Waals surface area contributed by atoms with Crippen LogP contribution in [0.5, 0.6) is 0 Å². The van der Waals surface area contributed by atoms with Gasteiger partial charge in [-0.25, -0.2) is 8.78 Å². The molecule has 0 radical (unpaired) electrons. The van der Waals surface area contributed by atoms with Gasteiger partial charge in [0.1, 0.15) is 5.54 Å². The van der Waals surface area contributed by atoms with Crippen LogP contribution in [-0.4, -0.2) is 24.7 Å². The molecule has 7 heteroatoms. The molecule has 2 aliphatic rings. The average molecular weight is 312 g/mol. The first-order chi connectivity index (χ1) is 10.5. The van der Waals surface area contributed by atoms with Crippen LogP contribution in [-0.2, 0) is 4.74 Å². The number of nitriles is 1. The molecule has 0 heterocycles. The van der Waals surface area contributed by atoms with Gasteiger partial charge in [0.15, 0.2) is 0 Å². The number of unbranched alkanes of at least 4 members (excludes halogenated alkanes) is 1. The number of alkyl halides is 2. The Balaban J connectivity index is 2.17. The first-order valence-electron chi connectivity index (χ1n) is 7.91. The molecule has 0 N–H and O–H groups in total. The van der Waals surface area contributed by atoms with Crippen LogP contribution < -0.4 is 0 Å². The molecule has 0 spiro atoms. The van der Waals surface area contributed by atoms with Gasteiger partial charge in [0.25, 0.3) is 0 Å². The fraction of sp³-hybridized carbons (Fsp3) is 0.933. The Morgan fingerprint density at radius 1 is 1.45 bits per heavy atom. The molecule has 0 amide bonds. The molecule has 5 nitrogen and oxygen atoms in total. The summed E-state index contributed by atoms with van der Waals surface area (Å²) in [6.07, 6.45) is 2.13. The summed E-state index contributed by atoms with van der Waals surface area (Å²) >= 11 is 0. The third-order valence-corrected chi connectivity index (χ3v) is 5.07. The lowest BCUT2D eigenvalue weighted by molar-refractivity contribution is -0.0715. The van der Waals surface area contributed by atoms with E-state index in [1.165, 1.54) is 0 Å². The van der Waals surface area contributed by atoms with Crippen molar-refractivity contribution in [3.63, 3.8) is 0 Å². The lowest BCUT2D eigenvalue weighted by Crippen LogP contribution is -2.37. The summed E-state index contributed by atoms with van der Waals surface area (Å²) in [7, 11) is 0. The van der Waals surface area contributed by atoms with E-state index >= 15 is 0 Å². The lowest BCUT2D eigenvalue weighted by atomic mass is 9.75. The van der Waals surface area contributed by atoms with Gasteiger partial charge < -0.3 is 4.74 Å². The van der Waals surface area contributed by atoms with Gasteiger partial charge in [-0.15, -0.1) is 0 Å². The lowest BCUT2D eigenvalue weighted by Gasteiger charge is -2.34. The molecule has 2 rings (SSSR count). The summed E-state index contributed by atoms with van der Waals surface area (Å²) in [5.41, 5.74) is 7.57. The second kappa shape index (κ2) is 6.80. The van der Waals surface area contributed by atoms with Gasteiger partial charge in [-0.2, -0.15) is 5.26 Å². The summed E-state index contributed by atoms with van der Waals surface area (Å²) in [5.74, 6) is -3.25. The van der Waals surface area contributed by atoms with Gasteiger partial charge in [0.2, 0.25) is 5.92 Å². The van der Waals surface area contributed by atoms with E-state index in [-0.39, 0.29) is 37.0 Å². The second-order valence-electron chi connectivity index (χ2n) is 6.49. The molecule has 0 aromatic heterocycles. The minimum Gasteiger partial charge on any atom is -0.381 e. The molecule has 122 valence electrons. The van der Waals surface area contributed by atoms with E-state index in [0.29, 0.717) is 19.6 Å². The van der Waals surface area contributed by atoms with E-state index in [0.717, 1.165) is 12.8 Å². The molecule has 2 aliphatic carbocycles. The molecular weight excluding hydrogens is 290 g/mol. The maximum Gasteiger partial charge on any atom is 0.248 e. The molecule has 0 aliphatic heterocycles. The fourth-order valence-electron chi connectivity index (χ4n) is 3.97. The van der Waals surface area contributed by atoms with E-state index in [1.807, 2.05) is 0 Å². The highest BCUT2D eigenvalue weighted by Gasteiger charge is 2.57. The van der Waals surface area contributed by atoms with Gasteiger partial charge >= 0.3 is 0 Å². The van der Waals surface area contributed by atoms with Crippen LogP contribution in [0, 0.1) is 29.1 Å². The smallest absolute Gasteiger partial charge is 0.248 e. The Morgan fingerprint density at radius 3 is 2.86 bits per heavy atom. The second-order valence-corrected chi connectivity index (χ2v) is 6.49. The highest BCUT2D eigenvalue weighted by Crippen LogP contribution is 2.55. The van der Waals surface area contributed by atoms with Crippen LogP contribution in [0.25, 0.3) is 10.4 Å². The number of hydrogen-bond acceptors (Lipinski definition) is 3. The summed E-state index contributed by atoms with van der Waals surface area (Å²) in [6.45, 7) is 2.94. The first kappa shape index (κ1) is 17.0. The van der Waals surface area contributed by atoms with Gasteiger partial charge in [-0.3, -0.25) is 0 Å². The molecule has 4 atom stereocenters. The maximum absolute atomic E-state index is 13.6. The first-order valence-corrected chi connectivity index (χ1v) is 7.91. The largest absolute Gasteiger partial charge is 0.381 e. The SMILES string of the molecule is CCCCOC[C@H]1[C@@H]2CCC(F)(F)C[C@H]2CC1(C#N)N=[N+]=[N-]. The third kappa shape index (κ3) is 3.34. The Hall–Kier alpha value is -1.38. The van der Waals surface area contributed by atoms with E-state index in [2.05, 4.69) is 23.0 Å². The van der Waals surface area contributed by atoms with Crippen LogP contribution in [0.3, 0.4) is 0 Å². The zero-order valence-electron chi connectivity index (χ0n) is 12.8. The van der Waals surface area contributed by atoms with E-state index in [4.69, 9.17) is 10.3 Å². The van der Waals surface area contributed by atoms with E-state index in [9.17, 15) is 14.0 Å². The molecule has 22 heavy (non-hydrogen) atoms. The number of fused-ring (bicyclic) bond motifs is 1. The Bertz CT molecular complexity index is 486. The molecule has 2 fully saturated rings. The number of azide groups is 1. The number of rotatable bonds is 6. The molecule has 0 aromatic carbocycles. The molecule has 2 saturated carbocycles. The van der Waals surface area contributed by atoms with Gasteiger partial charge in [0.05, 0.1) is 12.7 Å². The molecule has 1 unspecified atom stereocenters. The average Bonchev–Trinajstić information content (AvgIpc) is 2.76. The summed E-state index contributed by atoms with van der Waals surface area (Å²) in [5, 5.41) is 13.3. The van der Waals surface area contributed by atoms with Crippen molar-refractivity contribution in [2.45, 2.75) is 56.9 Å². The Kier molecular flexibility index (Phi) is 5.25. The van der Waals surface area contributed by atoms with E-state index < -0.39 is 11.5 Å². The van der Waals surface area contributed by atoms with Crippen molar-refractivity contribution in [2.24, 2.45) is 22.9 Å². The molecule has 0 bridgehead atoms. The minimum absolute atomic E-state index is 0.0219. The number of hydrogen-bond donors (Lipinski definition) is 0. The van der Waals surface area contributed by atoms with Gasteiger partial charge in [-0.05, 0) is 36.6 Å². The summed E-state index contributed by atoms with van der Waals surface area (Å²) < 4.78 is 32.9. The minimum atomic E-state index is -2.67. The van der Waals surface area contributed by atoms with Gasteiger partial charge in [-0.1, -0.05) is 18.5 Å². The predicted molar refractivity (Wildman–Crippen MR) is 77.1 cm³/mol. The Morgan fingerprint density at radius 2 is 2.23 bits per heavy atom. The standard InChI is InChI=1S/C15H22F2N4O/c1-2-3-6-22-9-13-12-4-5-15(16,17)8-11(12)7-14(13,10-18)20-21-19/h11-13H,2-9H2,1H3/t11-,12-,13+,14?/m1/s1. The highest BCUT2D eigenvalue weighted by molar-refractivity contribution is 5.19. The summed E-state index contributed by atoms with van der Waals surface area (Å²) in [4.78, 5) is 2.81. The number of ether oxygens (including phenoxy) is 1. The predicted octanol–water partition coefficient (Wildman–Crippen LogP) is 4.45. The van der Waals surface area contributed by atoms with Gasteiger partial charge in [0, 0.05) is 30.3 Å². The normalized spacial score (nSPS) is 36.2. The third-order valence-electron chi connectivity index (χ3n) is 5.07. The topological polar surface area (TPSA) is 81.8 Å². The zero-order chi connectivity index (χ0) is 16.2. The monoisotopic (exact) mass is 312 g/mol. The Labute approximate surface area is 129 Å². The van der Waals surface area contributed by atoms with Crippen molar-refractivity contribution < 1.29 is 13.5 Å². The van der Waals surface area contributed by atoms with Crippen LogP contribution in [0.4, 0.5) is 8.78 Å². The van der Waals surface area contributed by atoms with Crippen LogP contribution in [0.1, 0.15) is 45.4 Å². The van der Waals surface area contributed by atoms with Crippen molar-refractivity contribution in [1.82, 2.24) is 0 Å². The highest BCUT2D eigenvalue weighted by atomic mass is 19.3. The quantitative estimate of drug-likeness (QED) is 0.314.